The molecule has 0 aromatic heterocycles. The highest BCUT2D eigenvalue weighted by molar-refractivity contribution is 5.81. The van der Waals surface area contributed by atoms with Crippen LogP contribution in [0, 0.1) is 5.92 Å². The number of carboxylic acid groups (broad SMARTS) is 1. The Balaban J connectivity index is 1.70. The lowest BCUT2D eigenvalue weighted by Crippen LogP contribution is -2.43. The smallest absolute Gasteiger partial charge is 0.308 e. The van der Waals surface area contributed by atoms with Gasteiger partial charge in [0.05, 0.1) is 12.3 Å². The quantitative estimate of drug-likeness (QED) is 0.821. The highest BCUT2D eigenvalue weighted by Crippen LogP contribution is 2.17. The second kappa shape index (κ2) is 8.31. The number of hydrogen-bond donors (Lipinski definition) is 2. The first-order valence-electron chi connectivity index (χ1n) is 7.87. The lowest BCUT2D eigenvalue weighted by atomic mass is 9.98. The van der Waals surface area contributed by atoms with E-state index >= 15 is 0 Å². The summed E-state index contributed by atoms with van der Waals surface area (Å²) in [6.07, 6.45) is 1.82. The van der Waals surface area contributed by atoms with Gasteiger partial charge < -0.3 is 15.3 Å². The minimum absolute atomic E-state index is 0.101. The molecule has 0 spiro atoms. The summed E-state index contributed by atoms with van der Waals surface area (Å²) in [7, 11) is 0. The Labute approximate surface area is 135 Å². The van der Waals surface area contributed by atoms with Crippen molar-refractivity contribution in [3.8, 4) is 0 Å². The molecule has 1 saturated heterocycles. The molecular formula is C17H22N2O4. The van der Waals surface area contributed by atoms with Crippen molar-refractivity contribution in [3.63, 3.8) is 0 Å². The number of likely N-dealkylation sites (tertiary alicyclic amines) is 1. The zero-order valence-corrected chi connectivity index (χ0v) is 13.0. The zero-order chi connectivity index (χ0) is 16.7. The molecule has 1 aromatic rings. The zero-order valence-electron chi connectivity index (χ0n) is 13.0. The highest BCUT2D eigenvalue weighted by Gasteiger charge is 2.27. The third-order valence-electron chi connectivity index (χ3n) is 3.99. The van der Waals surface area contributed by atoms with Crippen molar-refractivity contribution in [2.75, 3.05) is 19.6 Å². The molecular weight excluding hydrogens is 296 g/mol. The van der Waals surface area contributed by atoms with Gasteiger partial charge in [-0.25, -0.2) is 0 Å². The highest BCUT2D eigenvalue weighted by atomic mass is 16.4. The van der Waals surface area contributed by atoms with Gasteiger partial charge in [-0.1, -0.05) is 30.3 Å². The Morgan fingerprint density at radius 3 is 2.65 bits per heavy atom. The van der Waals surface area contributed by atoms with Crippen molar-refractivity contribution < 1.29 is 19.5 Å². The minimum Gasteiger partial charge on any atom is -0.481 e. The number of amides is 2. The second-order valence-electron chi connectivity index (χ2n) is 5.78. The maximum Gasteiger partial charge on any atom is 0.308 e. The summed E-state index contributed by atoms with van der Waals surface area (Å²) in [6, 6.07) is 9.40. The van der Waals surface area contributed by atoms with Crippen LogP contribution < -0.4 is 5.32 Å². The van der Waals surface area contributed by atoms with E-state index in [9.17, 15) is 14.4 Å². The molecule has 23 heavy (non-hydrogen) atoms. The second-order valence-corrected chi connectivity index (χ2v) is 5.78. The molecule has 6 heteroatoms. The van der Waals surface area contributed by atoms with E-state index in [0.29, 0.717) is 25.8 Å². The van der Waals surface area contributed by atoms with Crippen LogP contribution in [-0.2, 0) is 20.8 Å². The van der Waals surface area contributed by atoms with Crippen LogP contribution in [0.15, 0.2) is 30.3 Å². The van der Waals surface area contributed by atoms with Crippen molar-refractivity contribution in [1.29, 1.82) is 0 Å². The molecule has 0 bridgehead atoms. The first-order valence-corrected chi connectivity index (χ1v) is 7.87. The van der Waals surface area contributed by atoms with Crippen LogP contribution in [0.25, 0.3) is 0 Å². The van der Waals surface area contributed by atoms with Gasteiger partial charge in [-0.3, -0.25) is 14.4 Å². The van der Waals surface area contributed by atoms with Gasteiger partial charge in [-0.2, -0.15) is 0 Å². The van der Waals surface area contributed by atoms with E-state index in [1.54, 1.807) is 4.90 Å². The van der Waals surface area contributed by atoms with E-state index in [2.05, 4.69) is 5.32 Å². The number of piperidine rings is 1. The molecule has 0 saturated carbocycles. The van der Waals surface area contributed by atoms with Gasteiger partial charge in [-0.05, 0) is 18.4 Å². The predicted molar refractivity (Wildman–Crippen MR) is 84.7 cm³/mol. The summed E-state index contributed by atoms with van der Waals surface area (Å²) in [4.78, 5) is 36.5. The van der Waals surface area contributed by atoms with Gasteiger partial charge in [0.2, 0.25) is 11.8 Å². The van der Waals surface area contributed by atoms with Gasteiger partial charge in [0, 0.05) is 26.1 Å². The summed E-state index contributed by atoms with van der Waals surface area (Å²) >= 11 is 0. The molecule has 1 heterocycles. The van der Waals surface area contributed by atoms with Crippen LogP contribution in [0.1, 0.15) is 24.8 Å². The number of nitrogens with one attached hydrogen (secondary N) is 1. The average Bonchev–Trinajstić information content (AvgIpc) is 2.55. The van der Waals surface area contributed by atoms with Crippen molar-refractivity contribution in [3.05, 3.63) is 35.9 Å². The van der Waals surface area contributed by atoms with Gasteiger partial charge in [-0.15, -0.1) is 0 Å². The van der Waals surface area contributed by atoms with Crippen molar-refractivity contribution in [2.24, 2.45) is 5.92 Å². The molecule has 0 radical (unpaired) electrons. The van der Waals surface area contributed by atoms with Crippen LogP contribution in [0.2, 0.25) is 0 Å². The largest absolute Gasteiger partial charge is 0.481 e. The van der Waals surface area contributed by atoms with Crippen LogP contribution in [-0.4, -0.2) is 47.4 Å². The monoisotopic (exact) mass is 318 g/mol. The fourth-order valence-corrected chi connectivity index (χ4v) is 2.72. The molecule has 1 aliphatic rings. The van der Waals surface area contributed by atoms with E-state index in [0.717, 1.165) is 5.56 Å². The first-order chi connectivity index (χ1) is 11.1. The Bertz CT molecular complexity index is 559. The summed E-state index contributed by atoms with van der Waals surface area (Å²) in [5.41, 5.74) is 0.927. The van der Waals surface area contributed by atoms with E-state index in [1.165, 1.54) is 0 Å². The average molecular weight is 318 g/mol. The molecule has 6 nitrogen and oxygen atoms in total. The molecule has 1 aliphatic heterocycles. The molecule has 124 valence electrons. The minimum atomic E-state index is -0.848. The van der Waals surface area contributed by atoms with Crippen LogP contribution >= 0.6 is 0 Å². The van der Waals surface area contributed by atoms with Gasteiger partial charge in [0.1, 0.15) is 0 Å². The van der Waals surface area contributed by atoms with Crippen LogP contribution in [0.4, 0.5) is 0 Å². The number of benzene rings is 1. The topological polar surface area (TPSA) is 86.7 Å². The third-order valence-corrected chi connectivity index (χ3v) is 3.99. The molecule has 1 aromatic carbocycles. The molecule has 1 atom stereocenters. The van der Waals surface area contributed by atoms with Gasteiger partial charge in [0.15, 0.2) is 0 Å². The van der Waals surface area contributed by atoms with E-state index in [4.69, 9.17) is 5.11 Å². The molecule has 2 rings (SSSR count). The molecule has 2 amide bonds. The van der Waals surface area contributed by atoms with Crippen LogP contribution in [0.5, 0.6) is 0 Å². The number of carbonyl (C=O) groups excluding carboxylic acids is 2. The Kier molecular flexibility index (Phi) is 6.14. The molecule has 2 N–H and O–H groups in total. The Morgan fingerprint density at radius 1 is 1.22 bits per heavy atom. The lowest BCUT2D eigenvalue weighted by molar-refractivity contribution is -0.145. The SMILES string of the molecule is O=C(Cc1ccccc1)NCCC(=O)N1CCC[C@H](C(=O)O)C1. The number of rotatable bonds is 6. The molecule has 0 aliphatic carbocycles. The number of nitrogens with zero attached hydrogens (tertiary/aromatic N) is 1. The lowest BCUT2D eigenvalue weighted by Gasteiger charge is -2.30. The molecule has 0 unspecified atom stereocenters. The van der Waals surface area contributed by atoms with Gasteiger partial charge in [0.25, 0.3) is 0 Å². The van der Waals surface area contributed by atoms with Crippen LogP contribution in [0.3, 0.4) is 0 Å². The predicted octanol–water partition coefficient (Wildman–Crippen LogP) is 1.06. The summed E-state index contributed by atoms with van der Waals surface area (Å²) in [5, 5.41) is 11.8. The standard InChI is InChI=1S/C17H22N2O4/c20-15(11-13-5-2-1-3-6-13)18-9-8-16(21)19-10-4-7-14(12-19)17(22)23/h1-3,5-6,14H,4,7-12H2,(H,18,20)(H,22,23)/t14-/m0/s1. The number of carbonyl (C=O) groups is 3. The maximum absolute atomic E-state index is 12.1. The van der Waals surface area contributed by atoms with E-state index in [1.807, 2.05) is 30.3 Å². The number of aliphatic carboxylic acids is 1. The number of carboxylic acids is 1. The van der Waals surface area contributed by atoms with Crippen molar-refractivity contribution >= 4 is 17.8 Å². The van der Waals surface area contributed by atoms with E-state index < -0.39 is 11.9 Å². The normalized spacial score (nSPS) is 17.6. The Morgan fingerprint density at radius 2 is 1.96 bits per heavy atom. The summed E-state index contributed by atoms with van der Waals surface area (Å²) in [6.45, 7) is 1.14. The maximum atomic E-state index is 12.1. The fraction of sp³-hybridized carbons (Fsp3) is 0.471. The number of hydrogen-bond acceptors (Lipinski definition) is 3. The fourth-order valence-electron chi connectivity index (χ4n) is 2.72. The molecule has 1 fully saturated rings. The summed E-state index contributed by atoms with van der Waals surface area (Å²) in [5.74, 6) is -1.54. The Hall–Kier alpha value is -2.37. The third kappa shape index (κ3) is 5.39. The first kappa shape index (κ1) is 17.0. The van der Waals surface area contributed by atoms with Crippen molar-refractivity contribution in [2.45, 2.75) is 25.7 Å². The van der Waals surface area contributed by atoms with Gasteiger partial charge >= 0.3 is 5.97 Å². The van der Waals surface area contributed by atoms with E-state index in [-0.39, 0.29) is 31.3 Å². The van der Waals surface area contributed by atoms with Crippen molar-refractivity contribution in [1.82, 2.24) is 10.2 Å². The summed E-state index contributed by atoms with van der Waals surface area (Å²) < 4.78 is 0.